The van der Waals surface area contributed by atoms with Crippen LogP contribution in [0, 0.1) is 45.3 Å². The largest absolute Gasteiger partial charge is 0.394 e. The van der Waals surface area contributed by atoms with Crippen LogP contribution < -0.4 is 0 Å². The zero-order chi connectivity index (χ0) is 64.7. The quantitative estimate of drug-likeness (QED) is 0.0429. The number of fused-ring (bicyclic) bond motifs is 5. The molecule has 18 N–H and O–H groups in total. The van der Waals surface area contributed by atoms with Crippen LogP contribution in [0.1, 0.15) is 113 Å². The molecule has 510 valence electrons. The summed E-state index contributed by atoms with van der Waals surface area (Å²) >= 11 is 0. The van der Waals surface area contributed by atoms with E-state index in [1.54, 1.807) is 0 Å². The zero-order valence-electron chi connectivity index (χ0n) is 51.5. The van der Waals surface area contributed by atoms with Gasteiger partial charge >= 0.3 is 0 Å². The molecular formula is C60H102O28. The third kappa shape index (κ3) is 12.6. The number of hydrogen-bond acceptors (Lipinski definition) is 28. The molecule has 0 bridgehead atoms. The van der Waals surface area contributed by atoms with Gasteiger partial charge in [-0.15, -0.1) is 0 Å². The predicted octanol–water partition coefficient (Wildman–Crippen LogP) is -4.38. The van der Waals surface area contributed by atoms with Gasteiger partial charge in [-0.3, -0.25) is 0 Å². The molecule has 0 radical (unpaired) electrons. The van der Waals surface area contributed by atoms with Crippen molar-refractivity contribution in [2.75, 3.05) is 33.0 Å². The summed E-state index contributed by atoms with van der Waals surface area (Å²) in [7, 11) is 0. The van der Waals surface area contributed by atoms with Gasteiger partial charge < -0.3 is 139 Å². The molecule has 9 aliphatic rings. The monoisotopic (exact) mass is 1270 g/mol. The smallest absolute Gasteiger partial charge is 0.187 e. The maximum absolute atomic E-state index is 12.9. The van der Waals surface area contributed by atoms with E-state index in [0.717, 1.165) is 18.4 Å². The van der Waals surface area contributed by atoms with Gasteiger partial charge in [0.1, 0.15) is 122 Å². The van der Waals surface area contributed by atoms with Gasteiger partial charge in [-0.25, -0.2) is 0 Å². The highest BCUT2D eigenvalue weighted by atomic mass is 16.8. The molecule has 88 heavy (non-hydrogen) atoms. The molecule has 5 saturated heterocycles. The third-order valence-corrected chi connectivity index (χ3v) is 23.0. The maximum atomic E-state index is 12.9. The van der Waals surface area contributed by atoms with Crippen LogP contribution in [0.3, 0.4) is 0 Å². The van der Waals surface area contributed by atoms with Gasteiger partial charge in [-0.2, -0.15) is 0 Å². The highest BCUT2D eigenvalue weighted by molar-refractivity contribution is 5.21. The lowest BCUT2D eigenvalue weighted by atomic mass is 9.35. The van der Waals surface area contributed by atoms with E-state index < -0.39 is 215 Å². The second kappa shape index (κ2) is 27.4. The van der Waals surface area contributed by atoms with Crippen LogP contribution in [-0.4, -0.2) is 296 Å². The Labute approximate surface area is 512 Å². The molecule has 0 aromatic carbocycles. The van der Waals surface area contributed by atoms with Crippen LogP contribution in [-0.2, 0) is 47.4 Å². The molecule has 0 amide bonds. The number of ether oxygens (including phenoxy) is 10. The second-order valence-electron chi connectivity index (χ2n) is 28.6. The Bertz CT molecular complexity index is 2320. The number of allylic oxidation sites excluding steroid dienone is 2. The summed E-state index contributed by atoms with van der Waals surface area (Å²) in [6.45, 7) is 13.3. The Balaban J connectivity index is 0.900. The fraction of sp³-hybridized carbons (Fsp3) is 0.967. The van der Waals surface area contributed by atoms with E-state index in [1.165, 1.54) is 0 Å². The van der Waals surface area contributed by atoms with Crippen LogP contribution in [0.5, 0.6) is 0 Å². The number of rotatable bonds is 19. The van der Waals surface area contributed by atoms with Crippen molar-refractivity contribution in [1.82, 2.24) is 0 Å². The van der Waals surface area contributed by atoms with Crippen LogP contribution >= 0.6 is 0 Å². The van der Waals surface area contributed by atoms with E-state index in [9.17, 15) is 91.9 Å². The van der Waals surface area contributed by atoms with Crippen molar-refractivity contribution in [3.8, 4) is 0 Å². The van der Waals surface area contributed by atoms with Crippen LogP contribution in [0.2, 0.25) is 0 Å². The Morgan fingerprint density at radius 1 is 0.477 bits per heavy atom. The minimum absolute atomic E-state index is 0.00190. The van der Waals surface area contributed by atoms with Gasteiger partial charge in [0, 0.05) is 0 Å². The molecule has 9 fully saturated rings. The van der Waals surface area contributed by atoms with Gasteiger partial charge in [-0.05, 0) is 124 Å². The highest BCUT2D eigenvalue weighted by Gasteiger charge is 2.72. The van der Waals surface area contributed by atoms with Crippen molar-refractivity contribution in [3.05, 3.63) is 11.6 Å². The molecule has 5 aliphatic heterocycles. The van der Waals surface area contributed by atoms with Crippen molar-refractivity contribution in [2.45, 2.75) is 285 Å². The van der Waals surface area contributed by atoms with E-state index in [2.05, 4.69) is 40.7 Å². The molecule has 4 saturated carbocycles. The second-order valence-corrected chi connectivity index (χ2v) is 28.6. The van der Waals surface area contributed by atoms with Crippen molar-refractivity contribution in [1.29, 1.82) is 0 Å². The first kappa shape index (κ1) is 70.9. The van der Waals surface area contributed by atoms with E-state index in [0.29, 0.717) is 44.9 Å². The van der Waals surface area contributed by atoms with E-state index in [1.807, 2.05) is 20.8 Å². The fourth-order valence-electron chi connectivity index (χ4n) is 17.7. The lowest BCUT2D eigenvalue weighted by Crippen LogP contribution is -2.68. The lowest BCUT2D eigenvalue weighted by molar-refractivity contribution is -0.378. The minimum Gasteiger partial charge on any atom is -0.394 e. The van der Waals surface area contributed by atoms with E-state index in [4.69, 9.17) is 47.4 Å². The first-order chi connectivity index (χ1) is 41.3. The molecule has 9 rings (SSSR count). The summed E-state index contributed by atoms with van der Waals surface area (Å²) in [5.41, 5.74) is -1.86. The number of aliphatic hydroxyl groups excluding tert-OH is 18. The summed E-state index contributed by atoms with van der Waals surface area (Å²) < 4.78 is 60.6. The summed E-state index contributed by atoms with van der Waals surface area (Å²) in [5, 5.41) is 195. The van der Waals surface area contributed by atoms with Gasteiger partial charge in [0.25, 0.3) is 0 Å². The average molecular weight is 1270 g/mol. The average Bonchev–Trinajstić information content (AvgIpc) is 1.27. The molecule has 0 aromatic rings. The molecule has 0 aromatic heterocycles. The standard InChI is InChI=1S/C60H102O28/c1-24(2)10-9-14-60(8,88-54-47(77)42(72)39(69)31(84-54)23-79-51-48(78)44(74)49(30(22-64)83-51)86-52-45(75)40(70)36(66)27(19-61)80-52)25-11-16-59(7)35(25)26(65)18-33-57(5)15-13-34(56(3,4)32(57)12-17-58(33,59)6)85-55-50(43(73)38(68)29(21-63)82-55)87-53-46(76)41(71)37(67)28(20-62)81-53/h10,25-55,61-78H,9,11-23H2,1-8H3/t25-,26+,27+,28+,29+,30+,31+,32+,33+,34+,35-,36+,37+,38+,39+,40-,41-,42-,43-,44+,45+,46+,47+,48+,49+,50+,51+,52-,53-,54-,55-,57+,58+,59-,60+/m1/s1. The summed E-state index contributed by atoms with van der Waals surface area (Å²) in [6.07, 6.45) is -35.6. The van der Waals surface area contributed by atoms with E-state index in [-0.39, 0.29) is 34.5 Å². The lowest BCUT2D eigenvalue weighted by Gasteiger charge is -2.71. The Morgan fingerprint density at radius 3 is 1.50 bits per heavy atom. The molecule has 35 atom stereocenters. The zero-order valence-corrected chi connectivity index (χ0v) is 51.5. The van der Waals surface area contributed by atoms with Crippen molar-refractivity contribution in [3.63, 3.8) is 0 Å². The number of aliphatic hydroxyl groups is 18. The normalized spacial score (nSPS) is 52.9. The van der Waals surface area contributed by atoms with Crippen LogP contribution in [0.15, 0.2) is 11.6 Å². The fourth-order valence-corrected chi connectivity index (χ4v) is 17.7. The highest BCUT2D eigenvalue weighted by Crippen LogP contribution is 2.76. The summed E-state index contributed by atoms with van der Waals surface area (Å²) in [5.74, 6) is -0.658. The molecule has 28 nitrogen and oxygen atoms in total. The van der Waals surface area contributed by atoms with Crippen molar-refractivity contribution >= 4 is 0 Å². The topological polar surface area (TPSA) is 456 Å². The molecular weight excluding hydrogens is 1170 g/mol. The van der Waals surface area contributed by atoms with Gasteiger partial charge in [0.2, 0.25) is 0 Å². The predicted molar refractivity (Wildman–Crippen MR) is 299 cm³/mol. The number of hydrogen-bond donors (Lipinski definition) is 18. The minimum atomic E-state index is -1.92. The molecule has 4 aliphatic carbocycles. The van der Waals surface area contributed by atoms with E-state index >= 15 is 0 Å². The summed E-state index contributed by atoms with van der Waals surface area (Å²) in [6, 6.07) is 0. The molecule has 28 heteroatoms. The van der Waals surface area contributed by atoms with Crippen LogP contribution in [0.4, 0.5) is 0 Å². The SMILES string of the molecule is CC(C)=CCC[C@](C)(O[C@H]1O[C@@H](CO[C@H]2O[C@@H](CO)[C@H](O[C@H]3O[C@@H](CO)[C@H](O)[C@@H](O)[C@@H]3O)[C@@H](O)[C@@H]2O)[C@H](O)[C@@H](O)[C@@H]1O)[C@@H]1CC[C@]2(C)[C@H]1[C@@H](O)C[C@H]1[C@@]3(C)CC[C@H](O[C@H]4O[C@@H](CO)[C@H](O)[C@@H](O)[C@@H]4O[C@H]4O[C@@H](CO)[C@H](O)[C@@H](O)[C@@H]4O)C(C)(C)[C@@H]3CC[C@@]12C. The Kier molecular flexibility index (Phi) is 22.1. The molecule has 0 unspecified atom stereocenters. The third-order valence-electron chi connectivity index (χ3n) is 23.0. The summed E-state index contributed by atoms with van der Waals surface area (Å²) in [4.78, 5) is 0. The first-order valence-corrected chi connectivity index (χ1v) is 31.4. The Morgan fingerprint density at radius 2 is 0.943 bits per heavy atom. The molecule has 0 spiro atoms. The first-order valence-electron chi connectivity index (χ1n) is 31.4. The van der Waals surface area contributed by atoms with Crippen LogP contribution in [0.25, 0.3) is 0 Å². The van der Waals surface area contributed by atoms with Gasteiger partial charge in [-0.1, -0.05) is 46.3 Å². The Hall–Kier alpha value is -1.38. The maximum Gasteiger partial charge on any atom is 0.187 e. The van der Waals surface area contributed by atoms with Crippen molar-refractivity contribution < 1.29 is 139 Å². The molecule has 5 heterocycles. The van der Waals surface area contributed by atoms with Crippen molar-refractivity contribution in [2.24, 2.45) is 45.3 Å². The van der Waals surface area contributed by atoms with Gasteiger partial charge in [0.05, 0.1) is 50.8 Å². The van der Waals surface area contributed by atoms with Gasteiger partial charge in [0.15, 0.2) is 31.5 Å².